The predicted octanol–water partition coefficient (Wildman–Crippen LogP) is 4.72. The maximum Gasteiger partial charge on any atom is 0.217 e. The van der Waals surface area contributed by atoms with Crippen molar-refractivity contribution in [1.82, 2.24) is 5.32 Å². The van der Waals surface area contributed by atoms with Gasteiger partial charge in [0.1, 0.15) is 0 Å². The summed E-state index contributed by atoms with van der Waals surface area (Å²) in [5.74, 6) is -0.200. The van der Waals surface area contributed by atoms with Crippen molar-refractivity contribution in [1.29, 1.82) is 0 Å². The lowest BCUT2D eigenvalue weighted by Crippen LogP contribution is -2.53. The zero-order chi connectivity index (χ0) is 18.8. The van der Waals surface area contributed by atoms with Crippen LogP contribution >= 0.6 is 0 Å². The summed E-state index contributed by atoms with van der Waals surface area (Å²) in [4.78, 5) is 11.2. The minimum absolute atomic E-state index is 0.200. The molecule has 0 aliphatic heterocycles. The van der Waals surface area contributed by atoms with Crippen LogP contribution in [0.4, 0.5) is 0 Å². The molecule has 4 nitrogen and oxygen atoms in total. The van der Waals surface area contributed by atoms with Gasteiger partial charge in [-0.3, -0.25) is 4.79 Å². The van der Waals surface area contributed by atoms with Crippen LogP contribution in [0.15, 0.2) is 0 Å². The summed E-state index contributed by atoms with van der Waals surface area (Å²) in [5.41, 5.74) is -0.844. The Morgan fingerprint density at radius 3 is 1.40 bits per heavy atom. The number of amides is 1. The molecule has 0 saturated heterocycles. The van der Waals surface area contributed by atoms with Crippen LogP contribution < -0.4 is 5.32 Å². The third-order valence-corrected chi connectivity index (χ3v) is 5.06. The number of aliphatic hydroxyl groups is 2. The van der Waals surface area contributed by atoms with Crippen LogP contribution in [0.5, 0.6) is 0 Å². The van der Waals surface area contributed by atoms with Crippen molar-refractivity contribution in [2.75, 3.05) is 13.2 Å². The Balaban J connectivity index is 3.44. The highest BCUT2D eigenvalue weighted by Crippen LogP contribution is 2.17. The lowest BCUT2D eigenvalue weighted by Gasteiger charge is -2.30. The van der Waals surface area contributed by atoms with Gasteiger partial charge in [0.2, 0.25) is 5.91 Å². The molecule has 0 aliphatic rings. The second-order valence-electron chi connectivity index (χ2n) is 7.62. The van der Waals surface area contributed by atoms with Crippen LogP contribution in [0, 0.1) is 0 Å². The number of nitrogens with one attached hydrogen (secondary N) is 1. The smallest absolute Gasteiger partial charge is 0.217 e. The highest BCUT2D eigenvalue weighted by molar-refractivity contribution is 5.73. The standard InChI is InChI=1S/C21H43NO3/c1-3-4-5-6-7-8-9-10-11-12-13-14-15-16-17-21(18-23,19-24)22-20(2)25/h23-24H,3-19H2,1-2H3,(H,22,25). The molecule has 0 heterocycles. The van der Waals surface area contributed by atoms with Crippen LogP contribution in [0.25, 0.3) is 0 Å². The van der Waals surface area contributed by atoms with E-state index in [1.807, 2.05) is 0 Å². The molecule has 3 N–H and O–H groups in total. The van der Waals surface area contributed by atoms with E-state index in [0.29, 0.717) is 6.42 Å². The second-order valence-corrected chi connectivity index (χ2v) is 7.62. The van der Waals surface area contributed by atoms with Gasteiger partial charge in [-0.25, -0.2) is 0 Å². The number of rotatable bonds is 18. The molecule has 1 amide bonds. The molecule has 0 aromatic rings. The molecule has 0 rings (SSSR count). The summed E-state index contributed by atoms with van der Waals surface area (Å²) >= 11 is 0. The Kier molecular flexibility index (Phi) is 16.4. The van der Waals surface area contributed by atoms with E-state index in [1.165, 1.54) is 84.0 Å². The van der Waals surface area contributed by atoms with E-state index in [4.69, 9.17) is 0 Å². The summed E-state index contributed by atoms with van der Waals surface area (Å²) in [5, 5.41) is 21.6. The summed E-state index contributed by atoms with van der Waals surface area (Å²) in [6.07, 6.45) is 18.9. The van der Waals surface area contributed by atoms with Crippen molar-refractivity contribution in [2.24, 2.45) is 0 Å². The van der Waals surface area contributed by atoms with Crippen LogP contribution in [0.1, 0.15) is 110 Å². The number of carbonyl (C=O) groups is 1. The third kappa shape index (κ3) is 14.3. The van der Waals surface area contributed by atoms with E-state index >= 15 is 0 Å². The van der Waals surface area contributed by atoms with Gasteiger partial charge in [0.25, 0.3) is 0 Å². The lowest BCUT2D eigenvalue weighted by atomic mass is 9.93. The Morgan fingerprint density at radius 2 is 1.08 bits per heavy atom. The minimum Gasteiger partial charge on any atom is -0.394 e. The van der Waals surface area contributed by atoms with E-state index in [-0.39, 0.29) is 19.1 Å². The van der Waals surface area contributed by atoms with Crippen molar-refractivity contribution < 1.29 is 15.0 Å². The number of carbonyl (C=O) groups excluding carboxylic acids is 1. The third-order valence-electron chi connectivity index (χ3n) is 5.06. The molecule has 0 fully saturated rings. The highest BCUT2D eigenvalue weighted by Gasteiger charge is 2.28. The normalized spacial score (nSPS) is 11.7. The lowest BCUT2D eigenvalue weighted by molar-refractivity contribution is -0.122. The molecule has 0 aromatic carbocycles. The Hall–Kier alpha value is -0.610. The van der Waals surface area contributed by atoms with E-state index in [0.717, 1.165) is 12.8 Å². The minimum atomic E-state index is -0.844. The van der Waals surface area contributed by atoms with Gasteiger partial charge in [0.05, 0.1) is 18.8 Å². The molecule has 0 saturated carbocycles. The molecule has 0 spiro atoms. The maximum absolute atomic E-state index is 11.2. The molecular weight excluding hydrogens is 314 g/mol. The number of unbranched alkanes of at least 4 members (excludes halogenated alkanes) is 13. The largest absolute Gasteiger partial charge is 0.394 e. The van der Waals surface area contributed by atoms with Crippen LogP contribution in [0.3, 0.4) is 0 Å². The molecule has 0 unspecified atom stereocenters. The second kappa shape index (κ2) is 16.8. The van der Waals surface area contributed by atoms with Crippen LogP contribution in [-0.2, 0) is 4.79 Å². The van der Waals surface area contributed by atoms with Gasteiger partial charge in [-0.05, 0) is 6.42 Å². The predicted molar refractivity (Wildman–Crippen MR) is 106 cm³/mol. The monoisotopic (exact) mass is 357 g/mol. The Labute approximate surface area is 155 Å². The molecule has 0 aliphatic carbocycles. The Bertz CT molecular complexity index is 304. The van der Waals surface area contributed by atoms with E-state index in [2.05, 4.69) is 12.2 Å². The number of hydrogen-bond acceptors (Lipinski definition) is 3. The van der Waals surface area contributed by atoms with Crippen molar-refractivity contribution in [3.63, 3.8) is 0 Å². The van der Waals surface area contributed by atoms with E-state index < -0.39 is 5.54 Å². The SMILES string of the molecule is CCCCCCCCCCCCCCCCC(CO)(CO)NC(C)=O. The average molecular weight is 358 g/mol. The van der Waals surface area contributed by atoms with Gasteiger partial charge in [-0.1, -0.05) is 96.8 Å². The molecule has 4 heteroatoms. The molecule has 0 radical (unpaired) electrons. The van der Waals surface area contributed by atoms with Crippen molar-refractivity contribution in [2.45, 2.75) is 116 Å². The highest BCUT2D eigenvalue weighted by atomic mass is 16.3. The number of hydrogen-bond donors (Lipinski definition) is 3. The fourth-order valence-corrected chi connectivity index (χ4v) is 3.38. The first-order valence-electron chi connectivity index (χ1n) is 10.6. The summed E-state index contributed by atoms with van der Waals surface area (Å²) in [6.45, 7) is 3.27. The average Bonchev–Trinajstić information content (AvgIpc) is 2.60. The zero-order valence-electron chi connectivity index (χ0n) is 16.8. The van der Waals surface area contributed by atoms with Gasteiger partial charge in [0, 0.05) is 6.92 Å². The molecular formula is C21H43NO3. The fraction of sp³-hybridized carbons (Fsp3) is 0.952. The van der Waals surface area contributed by atoms with E-state index in [1.54, 1.807) is 0 Å². The summed E-state index contributed by atoms with van der Waals surface area (Å²) in [6, 6.07) is 0. The molecule has 25 heavy (non-hydrogen) atoms. The maximum atomic E-state index is 11.2. The first-order valence-corrected chi connectivity index (χ1v) is 10.6. The van der Waals surface area contributed by atoms with Gasteiger partial charge in [-0.2, -0.15) is 0 Å². The molecule has 0 bridgehead atoms. The topological polar surface area (TPSA) is 69.6 Å². The summed E-state index contributed by atoms with van der Waals surface area (Å²) < 4.78 is 0. The van der Waals surface area contributed by atoms with E-state index in [9.17, 15) is 15.0 Å². The zero-order valence-corrected chi connectivity index (χ0v) is 16.8. The molecule has 0 atom stereocenters. The Morgan fingerprint density at radius 1 is 0.720 bits per heavy atom. The van der Waals surface area contributed by atoms with Crippen molar-refractivity contribution in [3.8, 4) is 0 Å². The van der Waals surface area contributed by atoms with Crippen molar-refractivity contribution in [3.05, 3.63) is 0 Å². The quantitative estimate of drug-likeness (QED) is 0.311. The fourth-order valence-electron chi connectivity index (χ4n) is 3.38. The molecule has 0 aromatic heterocycles. The summed E-state index contributed by atoms with van der Waals surface area (Å²) in [7, 11) is 0. The van der Waals surface area contributed by atoms with Crippen LogP contribution in [-0.4, -0.2) is 34.9 Å². The van der Waals surface area contributed by atoms with Crippen LogP contribution in [0.2, 0.25) is 0 Å². The first-order chi connectivity index (χ1) is 12.1. The van der Waals surface area contributed by atoms with Crippen molar-refractivity contribution >= 4 is 5.91 Å². The van der Waals surface area contributed by atoms with Gasteiger partial charge in [0.15, 0.2) is 0 Å². The van der Waals surface area contributed by atoms with Gasteiger partial charge < -0.3 is 15.5 Å². The van der Waals surface area contributed by atoms with Gasteiger partial charge >= 0.3 is 0 Å². The molecule has 150 valence electrons. The van der Waals surface area contributed by atoms with Gasteiger partial charge in [-0.15, -0.1) is 0 Å². The first kappa shape index (κ1) is 24.4. The number of aliphatic hydroxyl groups excluding tert-OH is 2.